The van der Waals surface area contributed by atoms with E-state index in [0.717, 1.165) is 29.3 Å². The molecular weight excluding hydrogens is 344 g/mol. The summed E-state index contributed by atoms with van der Waals surface area (Å²) in [5.74, 6) is 0.0582. The van der Waals surface area contributed by atoms with Crippen LogP contribution < -0.4 is 10.6 Å². The number of halogens is 1. The SMILES string of the molecule is C[C@@H]1CCCC[C@H]1NC(=O)CNC(=O)c1sc2ccccc2c1Cl. The molecule has 1 fully saturated rings. The van der Waals surface area contributed by atoms with E-state index in [1.807, 2.05) is 24.3 Å². The van der Waals surface area contributed by atoms with E-state index >= 15 is 0 Å². The Bertz CT molecular complexity index is 759. The number of hydrogen-bond donors (Lipinski definition) is 2. The van der Waals surface area contributed by atoms with Crippen LogP contribution in [0, 0.1) is 5.92 Å². The lowest BCUT2D eigenvalue weighted by Gasteiger charge is -2.29. The molecule has 0 radical (unpaired) electrons. The molecule has 1 aliphatic carbocycles. The van der Waals surface area contributed by atoms with E-state index in [1.54, 1.807) is 0 Å². The second-order valence-corrected chi connectivity index (χ2v) is 7.79. The molecule has 128 valence electrons. The molecule has 0 spiro atoms. The standard InChI is InChI=1S/C18H21ClN2O2S/c1-11-6-2-4-8-13(11)21-15(22)10-20-18(23)17-16(19)12-7-3-5-9-14(12)24-17/h3,5,7,9,11,13H,2,4,6,8,10H2,1H3,(H,20,23)(H,21,22)/t11-,13-/m1/s1. The second-order valence-electron chi connectivity index (χ2n) is 6.36. The van der Waals surface area contributed by atoms with Gasteiger partial charge in [0.1, 0.15) is 4.88 Å². The van der Waals surface area contributed by atoms with Gasteiger partial charge in [-0.05, 0) is 24.8 Å². The predicted octanol–water partition coefficient (Wildman–Crippen LogP) is 3.98. The summed E-state index contributed by atoms with van der Waals surface area (Å²) in [5.41, 5.74) is 0. The average Bonchev–Trinajstić information content (AvgIpc) is 2.92. The minimum Gasteiger partial charge on any atom is -0.352 e. The van der Waals surface area contributed by atoms with E-state index in [1.165, 1.54) is 17.8 Å². The Balaban J connectivity index is 1.58. The summed E-state index contributed by atoms with van der Waals surface area (Å²) in [6.07, 6.45) is 4.55. The van der Waals surface area contributed by atoms with Gasteiger partial charge in [0.05, 0.1) is 11.6 Å². The normalized spacial score (nSPS) is 20.8. The first-order valence-corrected chi connectivity index (χ1v) is 9.50. The van der Waals surface area contributed by atoms with E-state index in [9.17, 15) is 9.59 Å². The molecule has 0 saturated heterocycles. The number of hydrogen-bond acceptors (Lipinski definition) is 3. The van der Waals surface area contributed by atoms with Gasteiger partial charge in [-0.3, -0.25) is 9.59 Å². The first-order valence-electron chi connectivity index (χ1n) is 8.31. The minimum atomic E-state index is -0.298. The Morgan fingerprint density at radius 2 is 2.00 bits per heavy atom. The zero-order valence-electron chi connectivity index (χ0n) is 13.6. The van der Waals surface area contributed by atoms with Crippen LogP contribution in [-0.2, 0) is 4.79 Å². The van der Waals surface area contributed by atoms with Crippen molar-refractivity contribution in [2.24, 2.45) is 5.92 Å². The largest absolute Gasteiger partial charge is 0.352 e. The highest BCUT2D eigenvalue weighted by atomic mass is 35.5. The van der Waals surface area contributed by atoms with E-state index in [-0.39, 0.29) is 24.4 Å². The molecule has 2 atom stereocenters. The number of carbonyl (C=O) groups excluding carboxylic acids is 2. The fraction of sp³-hybridized carbons (Fsp3) is 0.444. The first kappa shape index (κ1) is 17.2. The monoisotopic (exact) mass is 364 g/mol. The molecule has 1 aromatic heterocycles. The molecule has 0 bridgehead atoms. The van der Waals surface area contributed by atoms with Crippen molar-refractivity contribution in [2.45, 2.75) is 38.6 Å². The van der Waals surface area contributed by atoms with Crippen LogP contribution in [0.2, 0.25) is 5.02 Å². The smallest absolute Gasteiger partial charge is 0.263 e. The third-order valence-electron chi connectivity index (χ3n) is 4.61. The maximum atomic E-state index is 12.3. The number of carbonyl (C=O) groups is 2. The van der Waals surface area contributed by atoms with Crippen molar-refractivity contribution in [3.05, 3.63) is 34.2 Å². The summed E-state index contributed by atoms with van der Waals surface area (Å²) in [5, 5.41) is 7.04. The van der Waals surface area contributed by atoms with Crippen LogP contribution in [0.3, 0.4) is 0 Å². The third kappa shape index (κ3) is 3.73. The van der Waals surface area contributed by atoms with Crippen molar-refractivity contribution in [3.63, 3.8) is 0 Å². The number of thiophene rings is 1. The summed E-state index contributed by atoms with van der Waals surface area (Å²) in [7, 11) is 0. The number of amides is 2. The maximum Gasteiger partial charge on any atom is 0.263 e. The summed E-state index contributed by atoms with van der Waals surface area (Å²) in [4.78, 5) is 24.9. The average molecular weight is 365 g/mol. The van der Waals surface area contributed by atoms with Crippen LogP contribution in [0.25, 0.3) is 10.1 Å². The lowest BCUT2D eigenvalue weighted by atomic mass is 9.86. The van der Waals surface area contributed by atoms with Crippen LogP contribution in [0.1, 0.15) is 42.3 Å². The zero-order valence-corrected chi connectivity index (χ0v) is 15.2. The topological polar surface area (TPSA) is 58.2 Å². The molecule has 0 unspecified atom stereocenters. The van der Waals surface area contributed by atoms with Gasteiger partial charge in [0.25, 0.3) is 5.91 Å². The van der Waals surface area contributed by atoms with Crippen molar-refractivity contribution in [1.82, 2.24) is 10.6 Å². The van der Waals surface area contributed by atoms with Gasteiger partial charge >= 0.3 is 0 Å². The Hall–Kier alpha value is -1.59. The Morgan fingerprint density at radius 1 is 1.25 bits per heavy atom. The van der Waals surface area contributed by atoms with Gasteiger partial charge < -0.3 is 10.6 Å². The van der Waals surface area contributed by atoms with Crippen LogP contribution in [0.4, 0.5) is 0 Å². The molecule has 3 rings (SSSR count). The molecule has 6 heteroatoms. The van der Waals surface area contributed by atoms with E-state index in [4.69, 9.17) is 11.6 Å². The maximum absolute atomic E-state index is 12.3. The van der Waals surface area contributed by atoms with Gasteiger partial charge in [-0.25, -0.2) is 0 Å². The van der Waals surface area contributed by atoms with Crippen LogP contribution in [-0.4, -0.2) is 24.4 Å². The van der Waals surface area contributed by atoms with Gasteiger partial charge in [-0.15, -0.1) is 11.3 Å². The molecule has 1 aliphatic rings. The quantitative estimate of drug-likeness (QED) is 0.862. The Morgan fingerprint density at radius 3 is 2.75 bits per heavy atom. The van der Waals surface area contributed by atoms with Crippen molar-refractivity contribution in [1.29, 1.82) is 0 Å². The molecule has 2 N–H and O–H groups in total. The van der Waals surface area contributed by atoms with Crippen molar-refractivity contribution in [2.75, 3.05) is 6.54 Å². The number of benzene rings is 1. The Labute approximate surface area is 150 Å². The van der Waals surface area contributed by atoms with Crippen LogP contribution in [0.5, 0.6) is 0 Å². The fourth-order valence-electron chi connectivity index (χ4n) is 3.19. The van der Waals surface area contributed by atoms with E-state index < -0.39 is 0 Å². The lowest BCUT2D eigenvalue weighted by Crippen LogP contribution is -2.45. The van der Waals surface area contributed by atoms with Crippen molar-refractivity contribution in [3.8, 4) is 0 Å². The predicted molar refractivity (Wildman–Crippen MR) is 98.7 cm³/mol. The highest BCUT2D eigenvalue weighted by molar-refractivity contribution is 7.21. The summed E-state index contributed by atoms with van der Waals surface area (Å²) in [6, 6.07) is 7.84. The summed E-state index contributed by atoms with van der Waals surface area (Å²) < 4.78 is 0.966. The minimum absolute atomic E-state index is 0.0212. The molecule has 1 saturated carbocycles. The third-order valence-corrected chi connectivity index (χ3v) is 6.28. The van der Waals surface area contributed by atoms with E-state index in [0.29, 0.717) is 15.8 Å². The molecule has 1 aromatic carbocycles. The van der Waals surface area contributed by atoms with Gasteiger partial charge in [-0.2, -0.15) is 0 Å². The number of fused-ring (bicyclic) bond motifs is 1. The van der Waals surface area contributed by atoms with Gasteiger partial charge in [0.15, 0.2) is 0 Å². The highest BCUT2D eigenvalue weighted by Crippen LogP contribution is 2.34. The Kier molecular flexibility index (Phi) is 5.41. The van der Waals surface area contributed by atoms with Gasteiger partial charge in [0.2, 0.25) is 5.91 Å². The summed E-state index contributed by atoms with van der Waals surface area (Å²) >= 11 is 7.64. The summed E-state index contributed by atoms with van der Waals surface area (Å²) in [6.45, 7) is 2.15. The molecule has 24 heavy (non-hydrogen) atoms. The fourth-order valence-corrected chi connectivity index (χ4v) is 4.62. The first-order chi connectivity index (χ1) is 11.6. The molecule has 2 amide bonds. The van der Waals surface area contributed by atoms with Crippen molar-refractivity contribution < 1.29 is 9.59 Å². The zero-order chi connectivity index (χ0) is 17.1. The second kappa shape index (κ2) is 7.53. The molecule has 2 aromatic rings. The molecule has 0 aliphatic heterocycles. The number of rotatable bonds is 4. The lowest BCUT2D eigenvalue weighted by molar-refractivity contribution is -0.121. The van der Waals surface area contributed by atoms with Crippen LogP contribution in [0.15, 0.2) is 24.3 Å². The van der Waals surface area contributed by atoms with Gasteiger partial charge in [-0.1, -0.05) is 49.6 Å². The van der Waals surface area contributed by atoms with Crippen LogP contribution >= 0.6 is 22.9 Å². The highest BCUT2D eigenvalue weighted by Gasteiger charge is 2.23. The van der Waals surface area contributed by atoms with Gasteiger partial charge in [0, 0.05) is 16.1 Å². The number of nitrogens with one attached hydrogen (secondary N) is 2. The molecule has 4 nitrogen and oxygen atoms in total. The van der Waals surface area contributed by atoms with E-state index in [2.05, 4.69) is 17.6 Å². The van der Waals surface area contributed by atoms with Crippen molar-refractivity contribution >= 4 is 44.8 Å². The molecular formula is C18H21ClN2O2S. The molecule has 1 heterocycles.